The van der Waals surface area contributed by atoms with Crippen molar-refractivity contribution in [3.63, 3.8) is 0 Å². The molecular weight excluding hydrogens is 236 g/mol. The molecule has 0 N–H and O–H groups in total. The number of ether oxygens (including phenoxy) is 1. The Labute approximate surface area is 105 Å². The first-order valence-electron chi connectivity index (χ1n) is 5.40. The summed E-state index contributed by atoms with van der Waals surface area (Å²) in [5.74, 6) is 1.70. The first-order valence-corrected chi connectivity index (χ1v) is 5.78. The topological polar surface area (TPSA) is 35.0 Å². The van der Waals surface area contributed by atoms with Gasteiger partial charge in [-0.2, -0.15) is 0 Å². The summed E-state index contributed by atoms with van der Waals surface area (Å²) in [4.78, 5) is 7.77. The van der Waals surface area contributed by atoms with Crippen LogP contribution in [0, 0.1) is 0 Å². The highest BCUT2D eigenvalue weighted by molar-refractivity contribution is 6.29. The summed E-state index contributed by atoms with van der Waals surface area (Å²) in [6, 6.07) is 9.51. The average molecular weight is 249 g/mol. The van der Waals surface area contributed by atoms with Gasteiger partial charge in [-0.3, -0.25) is 0 Å². The zero-order valence-electron chi connectivity index (χ0n) is 9.72. The molecule has 2 aromatic rings. The van der Waals surface area contributed by atoms with Gasteiger partial charge in [0.2, 0.25) is 5.88 Å². The smallest absolute Gasteiger partial charge is 0.223 e. The van der Waals surface area contributed by atoms with Crippen LogP contribution in [0.2, 0.25) is 5.15 Å². The van der Waals surface area contributed by atoms with E-state index >= 15 is 0 Å². The monoisotopic (exact) mass is 248 g/mol. The fraction of sp³-hybridized carbons (Fsp3) is 0.231. The number of benzene rings is 1. The van der Waals surface area contributed by atoms with Crippen molar-refractivity contribution in [1.82, 2.24) is 9.97 Å². The summed E-state index contributed by atoms with van der Waals surface area (Å²) in [7, 11) is 0. The van der Waals surface area contributed by atoms with E-state index in [2.05, 4.69) is 23.8 Å². The molecule has 3 nitrogen and oxygen atoms in total. The van der Waals surface area contributed by atoms with Crippen LogP contribution < -0.4 is 4.74 Å². The Hall–Kier alpha value is -1.61. The van der Waals surface area contributed by atoms with Gasteiger partial charge in [-0.15, -0.1) is 0 Å². The molecule has 0 fully saturated rings. The predicted molar refractivity (Wildman–Crippen MR) is 67.6 cm³/mol. The highest BCUT2D eigenvalue weighted by Gasteiger charge is 2.02. The summed E-state index contributed by atoms with van der Waals surface area (Å²) < 4.78 is 5.56. The lowest BCUT2D eigenvalue weighted by Crippen LogP contribution is -1.90. The minimum Gasteiger partial charge on any atom is -0.439 e. The molecule has 1 aromatic carbocycles. The SMILES string of the molecule is CC(C)c1ccc(Oc2cc(Cl)ncn2)cc1. The molecule has 0 amide bonds. The second-order valence-corrected chi connectivity index (χ2v) is 4.39. The van der Waals surface area contributed by atoms with Crippen molar-refractivity contribution in [2.24, 2.45) is 0 Å². The number of aromatic nitrogens is 2. The number of hydrogen-bond acceptors (Lipinski definition) is 3. The quantitative estimate of drug-likeness (QED) is 0.769. The van der Waals surface area contributed by atoms with Crippen LogP contribution in [0.4, 0.5) is 0 Å². The summed E-state index contributed by atoms with van der Waals surface area (Å²) in [6.45, 7) is 4.31. The third-order valence-electron chi connectivity index (χ3n) is 2.38. The normalized spacial score (nSPS) is 10.6. The van der Waals surface area contributed by atoms with Gasteiger partial charge >= 0.3 is 0 Å². The standard InChI is InChI=1S/C13H13ClN2O/c1-9(2)10-3-5-11(6-4-10)17-13-7-12(14)15-8-16-13/h3-9H,1-2H3. The van der Waals surface area contributed by atoms with Crippen molar-refractivity contribution in [2.45, 2.75) is 19.8 Å². The van der Waals surface area contributed by atoms with Gasteiger partial charge in [0.15, 0.2) is 0 Å². The van der Waals surface area contributed by atoms with Crippen LogP contribution in [0.5, 0.6) is 11.6 Å². The Morgan fingerprint density at radius 3 is 2.41 bits per heavy atom. The van der Waals surface area contributed by atoms with E-state index in [4.69, 9.17) is 16.3 Å². The van der Waals surface area contributed by atoms with E-state index < -0.39 is 0 Å². The molecule has 0 saturated heterocycles. The van der Waals surface area contributed by atoms with Gasteiger partial charge in [-0.1, -0.05) is 37.6 Å². The molecule has 0 aliphatic rings. The molecule has 0 bridgehead atoms. The summed E-state index contributed by atoms with van der Waals surface area (Å²) >= 11 is 5.75. The molecular formula is C13H13ClN2O. The maximum Gasteiger partial charge on any atom is 0.223 e. The average Bonchev–Trinajstić information content (AvgIpc) is 2.29. The fourth-order valence-electron chi connectivity index (χ4n) is 1.41. The lowest BCUT2D eigenvalue weighted by molar-refractivity contribution is 0.461. The molecule has 0 saturated carbocycles. The van der Waals surface area contributed by atoms with Crippen molar-refractivity contribution < 1.29 is 4.74 Å². The van der Waals surface area contributed by atoms with Crippen molar-refractivity contribution >= 4 is 11.6 Å². The Kier molecular flexibility index (Phi) is 3.59. The molecule has 0 unspecified atom stereocenters. The minimum atomic E-state index is 0.369. The van der Waals surface area contributed by atoms with Gasteiger partial charge in [-0.05, 0) is 23.6 Å². The largest absolute Gasteiger partial charge is 0.439 e. The fourth-order valence-corrected chi connectivity index (χ4v) is 1.55. The number of halogens is 1. The van der Waals surface area contributed by atoms with Crippen molar-refractivity contribution in [3.8, 4) is 11.6 Å². The lowest BCUT2D eigenvalue weighted by Gasteiger charge is -2.07. The second kappa shape index (κ2) is 5.15. The molecule has 4 heteroatoms. The molecule has 1 aromatic heterocycles. The van der Waals surface area contributed by atoms with Crippen LogP contribution in [0.25, 0.3) is 0 Å². The van der Waals surface area contributed by atoms with Gasteiger partial charge in [0, 0.05) is 6.07 Å². The molecule has 0 radical (unpaired) electrons. The van der Waals surface area contributed by atoms with E-state index in [1.165, 1.54) is 11.9 Å². The minimum absolute atomic E-state index is 0.369. The van der Waals surface area contributed by atoms with Gasteiger partial charge in [0.05, 0.1) is 0 Å². The second-order valence-electron chi connectivity index (χ2n) is 4.00. The van der Waals surface area contributed by atoms with Crippen molar-refractivity contribution in [3.05, 3.63) is 47.4 Å². The Morgan fingerprint density at radius 2 is 1.82 bits per heavy atom. The lowest BCUT2D eigenvalue weighted by atomic mass is 10.0. The van der Waals surface area contributed by atoms with Crippen LogP contribution >= 0.6 is 11.6 Å². The van der Waals surface area contributed by atoms with E-state index in [0.717, 1.165) is 5.75 Å². The first kappa shape index (κ1) is 11.9. The van der Waals surface area contributed by atoms with Crippen LogP contribution in [0.1, 0.15) is 25.3 Å². The molecule has 2 rings (SSSR count). The molecule has 17 heavy (non-hydrogen) atoms. The van der Waals surface area contributed by atoms with Gasteiger partial charge in [0.25, 0.3) is 0 Å². The zero-order valence-corrected chi connectivity index (χ0v) is 10.5. The van der Waals surface area contributed by atoms with Gasteiger partial charge in [-0.25, -0.2) is 9.97 Å². The summed E-state index contributed by atoms with van der Waals surface area (Å²) in [5, 5.41) is 0.369. The van der Waals surface area contributed by atoms with Crippen LogP contribution in [0.15, 0.2) is 36.7 Å². The first-order chi connectivity index (χ1) is 8.15. The number of nitrogens with zero attached hydrogens (tertiary/aromatic N) is 2. The number of hydrogen-bond donors (Lipinski definition) is 0. The third kappa shape index (κ3) is 3.17. The molecule has 0 atom stereocenters. The van der Waals surface area contributed by atoms with Crippen molar-refractivity contribution in [2.75, 3.05) is 0 Å². The van der Waals surface area contributed by atoms with Gasteiger partial charge in [0.1, 0.15) is 17.2 Å². The summed E-state index contributed by atoms with van der Waals surface area (Å²) in [5.41, 5.74) is 1.28. The third-order valence-corrected chi connectivity index (χ3v) is 2.58. The highest BCUT2D eigenvalue weighted by Crippen LogP contribution is 2.23. The Morgan fingerprint density at radius 1 is 1.12 bits per heavy atom. The molecule has 88 valence electrons. The van der Waals surface area contributed by atoms with E-state index in [-0.39, 0.29) is 0 Å². The molecule has 0 aliphatic carbocycles. The highest BCUT2D eigenvalue weighted by atomic mass is 35.5. The maximum atomic E-state index is 5.75. The van der Waals surface area contributed by atoms with Crippen LogP contribution in [-0.2, 0) is 0 Å². The van der Waals surface area contributed by atoms with Crippen molar-refractivity contribution in [1.29, 1.82) is 0 Å². The van der Waals surface area contributed by atoms with E-state index in [1.54, 1.807) is 6.07 Å². The van der Waals surface area contributed by atoms with E-state index in [9.17, 15) is 0 Å². The Balaban J connectivity index is 2.14. The van der Waals surface area contributed by atoms with Gasteiger partial charge < -0.3 is 4.74 Å². The molecule has 1 heterocycles. The van der Waals surface area contributed by atoms with Crippen LogP contribution in [0.3, 0.4) is 0 Å². The van der Waals surface area contributed by atoms with E-state index in [1.807, 2.05) is 24.3 Å². The predicted octanol–water partition coefficient (Wildman–Crippen LogP) is 4.05. The molecule has 0 aliphatic heterocycles. The van der Waals surface area contributed by atoms with Crippen LogP contribution in [-0.4, -0.2) is 9.97 Å². The number of rotatable bonds is 3. The maximum absolute atomic E-state index is 5.75. The summed E-state index contributed by atoms with van der Waals surface area (Å²) in [6.07, 6.45) is 1.38. The molecule has 0 spiro atoms. The van der Waals surface area contributed by atoms with E-state index in [0.29, 0.717) is 17.0 Å². The zero-order chi connectivity index (χ0) is 12.3. The Bertz CT molecular complexity index is 497.